The number of hydrogen-bond acceptors (Lipinski definition) is 8. The van der Waals surface area contributed by atoms with Crippen molar-refractivity contribution in [3.8, 4) is 17.2 Å². The molecule has 3 aromatic rings. The van der Waals surface area contributed by atoms with Crippen molar-refractivity contribution in [2.45, 2.75) is 19.9 Å². The van der Waals surface area contributed by atoms with Gasteiger partial charge in [-0.2, -0.15) is 0 Å². The van der Waals surface area contributed by atoms with Crippen LogP contribution in [0.2, 0.25) is 0 Å². The first-order valence-electron chi connectivity index (χ1n) is 11.1. The molecule has 1 aromatic heterocycles. The molecular formula is C26H25BrN2O6S. The molecule has 0 fully saturated rings. The molecule has 1 atom stereocenters. The second-order valence-corrected chi connectivity index (χ2v) is 9.68. The molecule has 0 N–H and O–H groups in total. The third-order valence-electron chi connectivity index (χ3n) is 5.70. The van der Waals surface area contributed by atoms with Crippen LogP contribution in [0.5, 0.6) is 17.2 Å². The predicted octanol–water partition coefficient (Wildman–Crippen LogP) is 3.59. The van der Waals surface area contributed by atoms with Crippen LogP contribution in [-0.4, -0.2) is 38.5 Å². The largest absolute Gasteiger partial charge is 0.497 e. The Morgan fingerprint density at radius 3 is 2.47 bits per heavy atom. The topological polar surface area (TPSA) is 88.4 Å². The van der Waals surface area contributed by atoms with E-state index in [4.69, 9.17) is 18.9 Å². The number of methoxy groups -OCH3 is 3. The lowest BCUT2D eigenvalue weighted by molar-refractivity contribution is -0.139. The van der Waals surface area contributed by atoms with E-state index in [1.807, 2.05) is 18.2 Å². The Labute approximate surface area is 220 Å². The Hall–Kier alpha value is -3.37. The molecule has 0 radical (unpaired) electrons. The monoisotopic (exact) mass is 572 g/mol. The van der Waals surface area contributed by atoms with E-state index < -0.39 is 12.0 Å². The molecule has 1 aliphatic heterocycles. The van der Waals surface area contributed by atoms with E-state index in [9.17, 15) is 9.59 Å². The summed E-state index contributed by atoms with van der Waals surface area (Å²) in [5.74, 6) is 1.26. The molecular weight excluding hydrogens is 548 g/mol. The Morgan fingerprint density at radius 1 is 1.14 bits per heavy atom. The summed E-state index contributed by atoms with van der Waals surface area (Å²) in [4.78, 5) is 31.8. The first kappa shape index (κ1) is 25.7. The van der Waals surface area contributed by atoms with Crippen molar-refractivity contribution in [2.75, 3.05) is 27.9 Å². The minimum Gasteiger partial charge on any atom is -0.497 e. The maximum absolute atomic E-state index is 13.7. The zero-order chi connectivity index (χ0) is 26.0. The summed E-state index contributed by atoms with van der Waals surface area (Å²) in [5.41, 5.74) is 2.06. The average molecular weight is 573 g/mol. The van der Waals surface area contributed by atoms with Gasteiger partial charge in [0.1, 0.15) is 5.75 Å². The van der Waals surface area contributed by atoms with E-state index in [-0.39, 0.29) is 12.2 Å². The number of allylic oxidation sites excluding steroid dienone is 1. The van der Waals surface area contributed by atoms with Crippen molar-refractivity contribution in [1.29, 1.82) is 0 Å². The van der Waals surface area contributed by atoms with Crippen molar-refractivity contribution >= 4 is 39.3 Å². The number of hydrogen-bond donors (Lipinski definition) is 0. The van der Waals surface area contributed by atoms with Crippen molar-refractivity contribution in [1.82, 2.24) is 4.57 Å². The molecule has 2 heterocycles. The molecule has 10 heteroatoms. The highest BCUT2D eigenvalue weighted by Crippen LogP contribution is 2.36. The van der Waals surface area contributed by atoms with Gasteiger partial charge in [0.2, 0.25) is 0 Å². The van der Waals surface area contributed by atoms with Crippen molar-refractivity contribution in [3.05, 3.63) is 83.0 Å². The number of rotatable bonds is 7. The van der Waals surface area contributed by atoms with Gasteiger partial charge in [-0.15, -0.1) is 0 Å². The number of ether oxygens (including phenoxy) is 4. The van der Waals surface area contributed by atoms with E-state index in [0.717, 1.165) is 11.1 Å². The normalized spacial score (nSPS) is 15.3. The highest BCUT2D eigenvalue weighted by atomic mass is 79.9. The standard InChI is InChI=1S/C26H25BrN2O6S/c1-6-35-25(31)21-14(2)28-26-29(22(21)16-7-9-17(32-3)10-8-16)24(30)20(36-26)13-15-11-18(27)23(34-5)19(12-15)33-4/h7-13,22H,6H2,1-5H3. The predicted molar refractivity (Wildman–Crippen MR) is 141 cm³/mol. The second kappa shape index (κ2) is 10.7. The maximum Gasteiger partial charge on any atom is 0.338 e. The van der Waals surface area contributed by atoms with E-state index in [2.05, 4.69) is 20.9 Å². The number of thiazole rings is 1. The first-order valence-corrected chi connectivity index (χ1v) is 12.7. The molecule has 0 bridgehead atoms. The van der Waals surface area contributed by atoms with Crippen LogP contribution in [-0.2, 0) is 9.53 Å². The molecule has 1 aliphatic rings. The number of aromatic nitrogens is 1. The summed E-state index contributed by atoms with van der Waals surface area (Å²) in [6, 6.07) is 10.2. The van der Waals surface area contributed by atoms with Gasteiger partial charge in [-0.1, -0.05) is 23.5 Å². The van der Waals surface area contributed by atoms with Crippen LogP contribution in [0, 0.1) is 0 Å². The molecule has 1 unspecified atom stereocenters. The molecule has 188 valence electrons. The number of benzene rings is 2. The summed E-state index contributed by atoms with van der Waals surface area (Å²) in [6.07, 6.45) is 1.77. The summed E-state index contributed by atoms with van der Waals surface area (Å²) in [5, 5.41) is 0. The Bertz CT molecular complexity index is 1520. The maximum atomic E-state index is 13.7. The summed E-state index contributed by atoms with van der Waals surface area (Å²) in [7, 11) is 4.69. The van der Waals surface area contributed by atoms with Crippen LogP contribution in [0.4, 0.5) is 0 Å². The second-order valence-electron chi connectivity index (χ2n) is 7.81. The summed E-state index contributed by atoms with van der Waals surface area (Å²) < 4.78 is 24.1. The van der Waals surface area contributed by atoms with Gasteiger partial charge in [0, 0.05) is 0 Å². The summed E-state index contributed by atoms with van der Waals surface area (Å²) in [6.45, 7) is 3.71. The third-order valence-corrected chi connectivity index (χ3v) is 7.27. The number of halogens is 1. The highest BCUT2D eigenvalue weighted by Gasteiger charge is 2.33. The van der Waals surface area contributed by atoms with Crippen LogP contribution in [0.1, 0.15) is 31.0 Å². The third kappa shape index (κ3) is 4.70. The van der Waals surface area contributed by atoms with Crippen LogP contribution in [0.3, 0.4) is 0 Å². The van der Waals surface area contributed by atoms with Crippen molar-refractivity contribution in [3.63, 3.8) is 0 Å². The number of nitrogens with zero attached hydrogens (tertiary/aromatic N) is 2. The lowest BCUT2D eigenvalue weighted by atomic mass is 9.96. The smallest absolute Gasteiger partial charge is 0.338 e. The number of esters is 1. The first-order chi connectivity index (χ1) is 17.3. The van der Waals surface area contributed by atoms with Crippen LogP contribution < -0.4 is 29.1 Å². The van der Waals surface area contributed by atoms with Crippen LogP contribution in [0.15, 0.2) is 61.9 Å². The molecule has 8 nitrogen and oxygen atoms in total. The van der Waals surface area contributed by atoms with Gasteiger partial charge in [0.05, 0.1) is 54.3 Å². The van der Waals surface area contributed by atoms with Crippen LogP contribution in [0.25, 0.3) is 6.08 Å². The Kier molecular flexibility index (Phi) is 7.65. The van der Waals surface area contributed by atoms with Gasteiger partial charge in [-0.25, -0.2) is 9.79 Å². The number of fused-ring (bicyclic) bond motifs is 1. The van der Waals surface area contributed by atoms with E-state index >= 15 is 0 Å². The number of carbonyl (C=O) groups excluding carboxylic acids is 1. The molecule has 4 rings (SSSR count). The number of carbonyl (C=O) groups is 1. The molecule has 2 aromatic carbocycles. The highest BCUT2D eigenvalue weighted by molar-refractivity contribution is 9.10. The fraction of sp³-hybridized carbons (Fsp3) is 0.269. The van der Waals surface area contributed by atoms with Gasteiger partial charge >= 0.3 is 5.97 Å². The minimum absolute atomic E-state index is 0.212. The Morgan fingerprint density at radius 2 is 1.86 bits per heavy atom. The SMILES string of the molecule is CCOC(=O)C1=C(C)N=c2sc(=Cc3cc(Br)c(OC)c(OC)c3)c(=O)n2C1c1ccc(OC)cc1. The van der Waals surface area contributed by atoms with Gasteiger partial charge in [0.15, 0.2) is 16.3 Å². The molecule has 0 aliphatic carbocycles. The molecule has 0 spiro atoms. The van der Waals surface area contributed by atoms with Crippen molar-refractivity contribution < 1.29 is 23.7 Å². The summed E-state index contributed by atoms with van der Waals surface area (Å²) >= 11 is 4.75. The minimum atomic E-state index is -0.689. The van der Waals surface area contributed by atoms with E-state index in [1.165, 1.54) is 11.3 Å². The lowest BCUT2D eigenvalue weighted by Crippen LogP contribution is -2.39. The molecule has 0 saturated carbocycles. The van der Waals surface area contributed by atoms with E-state index in [0.29, 0.717) is 42.3 Å². The quantitative estimate of drug-likeness (QED) is 0.402. The van der Waals surface area contributed by atoms with Gasteiger partial charge in [-0.3, -0.25) is 9.36 Å². The van der Waals surface area contributed by atoms with Gasteiger partial charge < -0.3 is 18.9 Å². The average Bonchev–Trinajstić information content (AvgIpc) is 3.17. The van der Waals surface area contributed by atoms with Gasteiger partial charge in [0.25, 0.3) is 5.56 Å². The van der Waals surface area contributed by atoms with Crippen molar-refractivity contribution in [2.24, 2.45) is 4.99 Å². The van der Waals surface area contributed by atoms with Crippen LogP contribution >= 0.6 is 27.3 Å². The molecule has 0 amide bonds. The zero-order valence-corrected chi connectivity index (χ0v) is 22.9. The Balaban J connectivity index is 1.93. The lowest BCUT2D eigenvalue weighted by Gasteiger charge is -2.24. The zero-order valence-electron chi connectivity index (χ0n) is 20.5. The molecule has 36 heavy (non-hydrogen) atoms. The molecule has 0 saturated heterocycles. The van der Waals surface area contributed by atoms with E-state index in [1.54, 1.807) is 64.0 Å². The fourth-order valence-corrected chi connectivity index (χ4v) is 5.73. The fourth-order valence-electron chi connectivity index (χ4n) is 4.07. The van der Waals surface area contributed by atoms with Gasteiger partial charge in [-0.05, 0) is 71.2 Å².